The van der Waals surface area contributed by atoms with Gasteiger partial charge in [0, 0.05) is 10.5 Å². The lowest BCUT2D eigenvalue weighted by Crippen LogP contribution is -2.50. The summed E-state index contributed by atoms with van der Waals surface area (Å²) in [6.07, 6.45) is 1.80. The lowest BCUT2D eigenvalue weighted by Gasteiger charge is -2.27. The van der Waals surface area contributed by atoms with E-state index in [9.17, 15) is 14.7 Å². The minimum atomic E-state index is -2.51. The summed E-state index contributed by atoms with van der Waals surface area (Å²) in [5.74, 6) is -2.12. The van der Waals surface area contributed by atoms with Crippen LogP contribution in [0.15, 0.2) is 22.8 Å². The second-order valence-corrected chi connectivity index (χ2v) is 11.6. The number of esters is 2. The molecule has 5 nitrogen and oxygen atoms in total. The van der Waals surface area contributed by atoms with E-state index in [1.165, 1.54) is 11.8 Å². The van der Waals surface area contributed by atoms with Gasteiger partial charge < -0.3 is 14.6 Å². The molecule has 7 heteroatoms. The monoisotopic (exact) mass is 346 g/mol. The van der Waals surface area contributed by atoms with Gasteiger partial charge in [0.1, 0.15) is 0 Å². The van der Waals surface area contributed by atoms with E-state index >= 15 is 0 Å². The van der Waals surface area contributed by atoms with Crippen molar-refractivity contribution in [3.63, 3.8) is 0 Å². The van der Waals surface area contributed by atoms with E-state index in [1.807, 2.05) is 5.70 Å². The third-order valence-corrected chi connectivity index (χ3v) is 4.83. The van der Waals surface area contributed by atoms with Crippen LogP contribution in [0.5, 0.6) is 0 Å². The molecule has 0 aliphatic carbocycles. The number of hydrogen-bond donors (Lipinski definition) is 1. The fourth-order valence-electron chi connectivity index (χ4n) is 1.64. The number of aliphatic hydroxyl groups is 1. The third-order valence-electron chi connectivity index (χ3n) is 2.66. The van der Waals surface area contributed by atoms with Crippen LogP contribution in [0, 0.1) is 0 Å². The standard InChI is InChI=1S/C15H26O5SSi/c1-8-19-13(16)15(18,14(17)20-9-2)11(3)12(21-4)10-22(5,6)7/h10,18H,3,8-9H2,1-2,4-7H3/b12-10+. The van der Waals surface area contributed by atoms with Gasteiger partial charge in [0.25, 0.3) is 5.60 Å². The summed E-state index contributed by atoms with van der Waals surface area (Å²) in [5.41, 5.74) is -0.538. The van der Waals surface area contributed by atoms with Crippen LogP contribution in [0.4, 0.5) is 0 Å². The van der Waals surface area contributed by atoms with Gasteiger partial charge in [0.2, 0.25) is 0 Å². The molecule has 22 heavy (non-hydrogen) atoms. The first kappa shape index (κ1) is 20.9. The van der Waals surface area contributed by atoms with Gasteiger partial charge in [-0.05, 0) is 20.1 Å². The Labute approximate surface area is 137 Å². The molecule has 0 unspecified atom stereocenters. The fraction of sp³-hybridized carbons (Fsp3) is 0.600. The molecule has 0 spiro atoms. The molecule has 0 saturated carbocycles. The quantitative estimate of drug-likeness (QED) is 0.315. The molecule has 0 aromatic rings. The van der Waals surface area contributed by atoms with Crippen LogP contribution in [0.3, 0.4) is 0 Å². The van der Waals surface area contributed by atoms with Crippen molar-refractivity contribution >= 4 is 31.8 Å². The van der Waals surface area contributed by atoms with Crippen LogP contribution in [0.2, 0.25) is 19.6 Å². The van der Waals surface area contributed by atoms with Crippen LogP contribution >= 0.6 is 11.8 Å². The molecule has 0 aromatic carbocycles. The molecule has 1 N–H and O–H groups in total. The second-order valence-electron chi connectivity index (χ2n) is 5.71. The molecule has 126 valence electrons. The molecule has 0 saturated heterocycles. The van der Waals surface area contributed by atoms with Gasteiger partial charge in [-0.25, -0.2) is 9.59 Å². The lowest BCUT2D eigenvalue weighted by molar-refractivity contribution is -0.178. The maximum atomic E-state index is 12.1. The average Bonchev–Trinajstić information content (AvgIpc) is 2.42. The zero-order chi connectivity index (χ0) is 17.6. The topological polar surface area (TPSA) is 72.8 Å². The van der Waals surface area contributed by atoms with Crippen LogP contribution in [-0.2, 0) is 19.1 Å². The molecule has 0 fully saturated rings. The van der Waals surface area contributed by atoms with Crippen molar-refractivity contribution in [2.45, 2.75) is 39.1 Å². The molecule has 0 bridgehead atoms. The highest BCUT2D eigenvalue weighted by molar-refractivity contribution is 8.02. The minimum absolute atomic E-state index is 0.000625. The van der Waals surface area contributed by atoms with E-state index < -0.39 is 25.6 Å². The van der Waals surface area contributed by atoms with Gasteiger partial charge in [0.05, 0.1) is 21.3 Å². The van der Waals surface area contributed by atoms with E-state index in [0.717, 1.165) is 0 Å². The normalized spacial score (nSPS) is 12.8. The Morgan fingerprint density at radius 2 is 1.59 bits per heavy atom. The predicted octanol–water partition coefficient (Wildman–Crippen LogP) is 2.52. The van der Waals surface area contributed by atoms with Crippen molar-refractivity contribution in [3.05, 3.63) is 22.8 Å². The summed E-state index contributed by atoms with van der Waals surface area (Å²) < 4.78 is 9.69. The van der Waals surface area contributed by atoms with Crippen molar-refractivity contribution in [3.8, 4) is 0 Å². The van der Waals surface area contributed by atoms with Crippen molar-refractivity contribution < 1.29 is 24.2 Å². The Hall–Kier alpha value is -1.05. The highest BCUT2D eigenvalue weighted by Gasteiger charge is 2.51. The van der Waals surface area contributed by atoms with Gasteiger partial charge in [0.15, 0.2) is 0 Å². The van der Waals surface area contributed by atoms with E-state index in [1.54, 1.807) is 20.1 Å². The summed E-state index contributed by atoms with van der Waals surface area (Å²) >= 11 is 1.32. The number of hydrogen-bond acceptors (Lipinski definition) is 6. The first-order valence-electron chi connectivity index (χ1n) is 7.07. The van der Waals surface area contributed by atoms with E-state index in [0.29, 0.717) is 4.91 Å². The first-order valence-corrected chi connectivity index (χ1v) is 11.9. The van der Waals surface area contributed by atoms with Crippen molar-refractivity contribution in [1.29, 1.82) is 0 Å². The molecule has 0 rings (SSSR count). The Bertz CT molecular complexity index is 447. The number of ether oxygens (including phenoxy) is 2. The maximum absolute atomic E-state index is 12.1. The van der Waals surface area contributed by atoms with Gasteiger partial charge in [-0.1, -0.05) is 31.9 Å². The number of rotatable bonds is 8. The molecule has 0 radical (unpaired) electrons. The molecule has 0 aliphatic heterocycles. The first-order chi connectivity index (χ1) is 10.0. The van der Waals surface area contributed by atoms with Crippen LogP contribution in [0.25, 0.3) is 0 Å². The second kappa shape index (κ2) is 8.55. The van der Waals surface area contributed by atoms with Gasteiger partial charge in [-0.2, -0.15) is 0 Å². The smallest absolute Gasteiger partial charge is 0.354 e. The molecular formula is C15H26O5SSi. The molecule has 0 amide bonds. The Kier molecular flexibility index (Phi) is 8.14. The van der Waals surface area contributed by atoms with Crippen LogP contribution in [-0.4, -0.2) is 50.2 Å². The third kappa shape index (κ3) is 5.30. The van der Waals surface area contributed by atoms with Crippen molar-refractivity contribution in [2.75, 3.05) is 19.5 Å². The van der Waals surface area contributed by atoms with Crippen molar-refractivity contribution in [2.24, 2.45) is 0 Å². The molecule has 0 heterocycles. The highest BCUT2D eigenvalue weighted by Crippen LogP contribution is 2.33. The Morgan fingerprint density at radius 1 is 1.18 bits per heavy atom. The molecule has 0 aliphatic rings. The maximum Gasteiger partial charge on any atom is 0.354 e. The van der Waals surface area contributed by atoms with Gasteiger partial charge in [-0.15, -0.1) is 11.8 Å². The Morgan fingerprint density at radius 3 is 1.86 bits per heavy atom. The molecule has 0 atom stereocenters. The number of thioether (sulfide) groups is 1. The minimum Gasteiger partial charge on any atom is -0.463 e. The SMILES string of the molecule is C=C(/C(=C\[Si](C)(C)C)SC)C(O)(C(=O)OCC)C(=O)OCC. The zero-order valence-electron chi connectivity index (χ0n) is 14.2. The fourth-order valence-corrected chi connectivity index (χ4v) is 4.53. The summed E-state index contributed by atoms with van der Waals surface area (Å²) in [5, 5.41) is 10.7. The lowest BCUT2D eigenvalue weighted by atomic mass is 9.94. The summed E-state index contributed by atoms with van der Waals surface area (Å²) in [4.78, 5) is 24.9. The summed E-state index contributed by atoms with van der Waals surface area (Å²) in [7, 11) is -1.65. The van der Waals surface area contributed by atoms with Gasteiger partial charge >= 0.3 is 11.9 Å². The van der Waals surface area contributed by atoms with E-state index in [2.05, 4.69) is 26.2 Å². The molecular weight excluding hydrogens is 320 g/mol. The van der Waals surface area contributed by atoms with Crippen LogP contribution < -0.4 is 0 Å². The van der Waals surface area contributed by atoms with Crippen molar-refractivity contribution in [1.82, 2.24) is 0 Å². The summed E-state index contributed by atoms with van der Waals surface area (Å²) in [6.45, 7) is 13.4. The van der Waals surface area contributed by atoms with Gasteiger partial charge in [-0.3, -0.25) is 0 Å². The van der Waals surface area contributed by atoms with E-state index in [4.69, 9.17) is 9.47 Å². The number of carbonyl (C=O) groups is 2. The number of carbonyl (C=O) groups excluding carboxylic acids is 2. The largest absolute Gasteiger partial charge is 0.463 e. The Balaban J connectivity index is 5.87. The highest BCUT2D eigenvalue weighted by atomic mass is 32.2. The summed E-state index contributed by atoms with van der Waals surface area (Å²) in [6, 6.07) is 0. The molecule has 0 aromatic heterocycles. The zero-order valence-corrected chi connectivity index (χ0v) is 16.0. The van der Waals surface area contributed by atoms with E-state index in [-0.39, 0.29) is 18.8 Å². The van der Waals surface area contributed by atoms with Crippen LogP contribution in [0.1, 0.15) is 13.8 Å². The predicted molar refractivity (Wildman–Crippen MR) is 92.3 cm³/mol. The average molecular weight is 347 g/mol.